The van der Waals surface area contributed by atoms with Crippen molar-refractivity contribution in [1.29, 1.82) is 0 Å². The van der Waals surface area contributed by atoms with Crippen LogP contribution in [0.1, 0.15) is 68.3 Å². The third-order valence-electron chi connectivity index (χ3n) is 15.1. The zero-order valence-corrected chi connectivity index (χ0v) is 54.0. The van der Waals surface area contributed by atoms with E-state index in [0.717, 1.165) is 32.7 Å². The van der Waals surface area contributed by atoms with E-state index in [2.05, 4.69) is 62.8 Å². The van der Waals surface area contributed by atoms with Crippen molar-refractivity contribution < 1.29 is 63.0 Å². The van der Waals surface area contributed by atoms with Crippen molar-refractivity contribution in [1.82, 2.24) is 57.8 Å². The predicted octanol–water partition coefficient (Wildman–Crippen LogP) is -1.37. The van der Waals surface area contributed by atoms with Crippen LogP contribution in [0.4, 0.5) is 0 Å². The molecular weight excluding hydrogens is 1260 g/mol. The number of H-pyrrole nitrogens is 1. The Bertz CT molecular complexity index is 3430. The van der Waals surface area contributed by atoms with Crippen LogP contribution in [0.2, 0.25) is 0 Å². The van der Waals surface area contributed by atoms with Crippen LogP contribution in [0.25, 0.3) is 11.1 Å². The van der Waals surface area contributed by atoms with Crippen molar-refractivity contribution in [3.05, 3.63) is 150 Å². The van der Waals surface area contributed by atoms with Gasteiger partial charge in [-0.1, -0.05) is 137 Å². The highest BCUT2D eigenvalue weighted by molar-refractivity contribution is 8.76. The zero-order valence-electron chi connectivity index (χ0n) is 52.4. The molecule has 10 amide bonds. The Balaban J connectivity index is 1.45. The Morgan fingerprint density at radius 3 is 1.67 bits per heavy atom. The molecule has 4 aromatic carbocycles. The van der Waals surface area contributed by atoms with Crippen LogP contribution in [0.15, 0.2) is 133 Å². The second kappa shape index (κ2) is 37.7. The van der Waals surface area contributed by atoms with Gasteiger partial charge in [0.2, 0.25) is 59.1 Å². The van der Waals surface area contributed by atoms with Crippen molar-refractivity contribution in [2.45, 2.75) is 138 Å². The molecule has 2 heterocycles. The number of aliphatic hydroxyl groups excluding tert-OH is 1. The van der Waals surface area contributed by atoms with E-state index in [4.69, 9.17) is 22.9 Å². The molecule has 1 saturated heterocycles. The molecule has 0 unspecified atom stereocenters. The maximum atomic E-state index is 15.0. The zero-order chi connectivity index (χ0) is 69.0. The summed E-state index contributed by atoms with van der Waals surface area (Å²) < 4.78 is 0. The van der Waals surface area contributed by atoms with Crippen LogP contribution in [-0.4, -0.2) is 176 Å². The fraction of sp³-hybridized carbons (Fsp3) is 0.391. The lowest BCUT2D eigenvalue weighted by Gasteiger charge is -2.28. The minimum atomic E-state index is -1.69. The summed E-state index contributed by atoms with van der Waals surface area (Å²) in [5, 5.41) is 43.8. The first-order valence-electron chi connectivity index (χ1n) is 30.6. The molecule has 1 aliphatic heterocycles. The summed E-state index contributed by atoms with van der Waals surface area (Å²) in [5.41, 5.74) is 26.9. The van der Waals surface area contributed by atoms with Crippen molar-refractivity contribution in [3.63, 3.8) is 0 Å². The van der Waals surface area contributed by atoms with E-state index in [9.17, 15) is 53.4 Å². The molecular formula is C64H82N16O13S2. The van der Waals surface area contributed by atoms with Crippen molar-refractivity contribution >= 4 is 92.6 Å². The summed E-state index contributed by atoms with van der Waals surface area (Å²) in [6.45, 7) is 2.54. The number of carbonyl (C=O) groups excluding carboxylic acids is 10. The monoisotopic (exact) mass is 1350 g/mol. The number of unbranched alkanes of at least 4 members (excludes halogenated alkanes) is 1. The number of nitrogens with one attached hydrogen (secondary N) is 10. The lowest BCUT2D eigenvalue weighted by Crippen LogP contribution is -2.61. The third kappa shape index (κ3) is 24.9. The molecule has 0 spiro atoms. The highest BCUT2D eigenvalue weighted by Gasteiger charge is 2.37. The smallest absolute Gasteiger partial charge is 0.303 e. The van der Waals surface area contributed by atoms with E-state index in [0.29, 0.717) is 28.8 Å². The van der Waals surface area contributed by atoms with Crippen LogP contribution in [0.3, 0.4) is 0 Å². The van der Waals surface area contributed by atoms with Gasteiger partial charge in [-0.25, -0.2) is 4.98 Å². The number of aliphatic carboxylic acids is 1. The van der Waals surface area contributed by atoms with Gasteiger partial charge in [-0.05, 0) is 73.8 Å². The van der Waals surface area contributed by atoms with Crippen LogP contribution in [0, 0.1) is 0 Å². The highest BCUT2D eigenvalue weighted by Crippen LogP contribution is 2.25. The quantitative estimate of drug-likeness (QED) is 0.0155. The van der Waals surface area contributed by atoms with Gasteiger partial charge >= 0.3 is 5.97 Å². The molecule has 0 radical (unpaired) electrons. The Morgan fingerprint density at radius 2 is 1.12 bits per heavy atom. The van der Waals surface area contributed by atoms with E-state index in [1.807, 2.05) is 30.3 Å². The Morgan fingerprint density at radius 1 is 0.611 bits per heavy atom. The van der Waals surface area contributed by atoms with Gasteiger partial charge in [0.1, 0.15) is 54.4 Å². The summed E-state index contributed by atoms with van der Waals surface area (Å²) in [6, 6.07) is 18.6. The fourth-order valence-corrected chi connectivity index (χ4v) is 12.2. The Kier molecular flexibility index (Phi) is 29.5. The number of amides is 10. The molecule has 95 heavy (non-hydrogen) atoms. The van der Waals surface area contributed by atoms with Gasteiger partial charge in [-0.15, -0.1) is 0 Å². The maximum absolute atomic E-state index is 15.0. The number of nitrogens with zero attached hydrogens (tertiary/aromatic N) is 2. The van der Waals surface area contributed by atoms with E-state index >= 15 is 9.59 Å². The van der Waals surface area contributed by atoms with E-state index in [-0.39, 0.29) is 62.5 Å². The number of primary amides is 1. The van der Waals surface area contributed by atoms with Crippen LogP contribution in [-0.2, 0) is 78.4 Å². The number of hydrogen-bond acceptors (Lipinski definition) is 17. The molecule has 0 bridgehead atoms. The number of carboxylic acid groups (broad SMARTS) is 1. The number of aromatic nitrogens is 2. The summed E-state index contributed by atoms with van der Waals surface area (Å²) >= 11 is 0. The first kappa shape index (κ1) is 74.2. The number of aliphatic hydroxyl groups is 1. The minimum absolute atomic E-state index is 0.0510. The van der Waals surface area contributed by atoms with E-state index in [1.165, 1.54) is 26.4 Å². The summed E-state index contributed by atoms with van der Waals surface area (Å²) in [5.74, 6) is -11.8. The lowest BCUT2D eigenvalue weighted by molar-refractivity contribution is -0.138. The SMILES string of the molecule is C[C@@H]1NC(=O)[C@H](CCC(=O)O)NC(=O)[C@H](Cc2ccc(-c3ccccc3)cc2)NC(=O)[C@H](CCCCN=C(N)N)NC(=O)[C@@H](Cc2ccccc2)NC(=O)[C@H](Cc2cnc[nH]2)NC(=O)[C@@H](NC(=O)[C@H](N)Cc2ccccc2)CSSC[C@H](C(=O)N[C@H](C(N)=O)[C@@H](C)O)NC1=O. The number of carboxylic acids is 1. The molecule has 20 N–H and O–H groups in total. The number of rotatable bonds is 23. The van der Waals surface area contributed by atoms with Gasteiger partial charge in [0.25, 0.3) is 0 Å². The molecule has 31 heteroatoms. The number of benzene rings is 4. The first-order valence-corrected chi connectivity index (χ1v) is 33.1. The number of aromatic amines is 1. The second-order valence-electron chi connectivity index (χ2n) is 22.6. The standard InChI is InChI=1S/C64H82N16O13S2/c1-36-55(85)78-51(63(93)80-53(37(2)81)54(66)84)34-95-94-33-50(79-56(86)44(65)28-38-14-6-3-7-15-38)62(92)77-49(31-43-32-69-35-71-43)61(91)76-47(29-39-16-8-4-9-17-39)59(89)73-45(20-12-13-27-70-64(67)68)58(88)75-48(60(90)74-46(57(87)72-36)25-26-52(82)83)30-40-21-23-42(24-22-40)41-18-10-5-11-19-41/h3-11,14-19,21-24,32,35-37,44-51,53,81H,12-13,20,25-31,33-34,65H2,1-2H3,(H2,66,84)(H,69,71)(H,72,87)(H,73,89)(H,74,90)(H,75,88)(H,76,91)(H,77,92)(H,78,85)(H,79,86)(H,80,93)(H,82,83)(H4,67,68,70)/t36-,37+,44+,45-,46-,47+,48-,49-,50-,51+,53-/m0/s1. The summed E-state index contributed by atoms with van der Waals surface area (Å²) in [4.78, 5) is 167. The maximum Gasteiger partial charge on any atom is 0.303 e. The number of carbonyl (C=O) groups is 11. The Labute approximate surface area is 556 Å². The lowest BCUT2D eigenvalue weighted by atomic mass is 9.99. The Hall–Kier alpha value is -9.85. The average molecular weight is 1350 g/mol. The van der Waals surface area contributed by atoms with Gasteiger partial charge in [-0.3, -0.25) is 57.7 Å². The number of guanidine groups is 1. The molecule has 0 saturated carbocycles. The molecule has 29 nitrogen and oxygen atoms in total. The number of nitrogens with two attached hydrogens (primary N) is 4. The predicted molar refractivity (Wildman–Crippen MR) is 356 cm³/mol. The molecule has 1 aromatic heterocycles. The molecule has 6 rings (SSSR count). The largest absolute Gasteiger partial charge is 0.481 e. The molecule has 1 aliphatic rings. The molecule has 1 fully saturated rings. The van der Waals surface area contributed by atoms with Crippen LogP contribution in [0.5, 0.6) is 0 Å². The number of aliphatic imine (C=N–C) groups is 1. The normalized spacial score (nSPS) is 21.6. The van der Waals surface area contributed by atoms with Gasteiger partial charge in [0.15, 0.2) is 5.96 Å². The average Bonchev–Trinajstić information content (AvgIpc) is 1.28. The summed E-state index contributed by atoms with van der Waals surface area (Å²) in [6.07, 6.45) is -0.180. The van der Waals surface area contributed by atoms with Gasteiger partial charge < -0.3 is 86.0 Å². The number of hydrogen-bond donors (Lipinski definition) is 16. The fourth-order valence-electron chi connectivity index (χ4n) is 9.83. The molecule has 5 aromatic rings. The second-order valence-corrected chi connectivity index (χ2v) is 25.2. The van der Waals surface area contributed by atoms with Crippen LogP contribution < -0.4 is 70.8 Å². The first-order chi connectivity index (χ1) is 45.4. The van der Waals surface area contributed by atoms with E-state index in [1.54, 1.807) is 84.9 Å². The van der Waals surface area contributed by atoms with Crippen molar-refractivity contribution in [2.24, 2.45) is 27.9 Å². The van der Waals surface area contributed by atoms with Gasteiger partial charge in [0.05, 0.1) is 18.5 Å². The number of imidazole rings is 1. The minimum Gasteiger partial charge on any atom is -0.481 e. The van der Waals surface area contributed by atoms with Gasteiger partial charge in [-0.2, -0.15) is 0 Å². The van der Waals surface area contributed by atoms with E-state index < -0.39 is 144 Å². The van der Waals surface area contributed by atoms with Crippen molar-refractivity contribution in [3.8, 4) is 11.1 Å². The molecule has 508 valence electrons. The molecule has 11 atom stereocenters. The highest BCUT2D eigenvalue weighted by atomic mass is 33.1. The molecule has 0 aliphatic carbocycles. The van der Waals surface area contributed by atoms with Crippen molar-refractivity contribution in [2.75, 3.05) is 18.1 Å². The summed E-state index contributed by atoms with van der Waals surface area (Å²) in [7, 11) is 1.81. The third-order valence-corrected chi connectivity index (χ3v) is 17.5. The van der Waals surface area contributed by atoms with Gasteiger partial charge in [0, 0.05) is 55.6 Å². The van der Waals surface area contributed by atoms with Crippen LogP contribution >= 0.6 is 21.6 Å². The topological polar surface area (TPSA) is 482 Å².